The maximum Gasteiger partial charge on any atom is 0.0643 e. The van der Waals surface area contributed by atoms with E-state index in [2.05, 4.69) is 19.2 Å². The van der Waals surface area contributed by atoms with Crippen LogP contribution in [0, 0.1) is 5.92 Å². The first-order valence-electron chi connectivity index (χ1n) is 3.60. The molecule has 0 radical (unpaired) electrons. The van der Waals surface area contributed by atoms with Crippen molar-refractivity contribution in [3.8, 4) is 0 Å². The van der Waals surface area contributed by atoms with Gasteiger partial charge in [0.1, 0.15) is 0 Å². The van der Waals surface area contributed by atoms with Crippen LogP contribution in [0.15, 0.2) is 0 Å². The Bertz CT molecular complexity index is 79.0. The Morgan fingerprint density at radius 2 is 2.22 bits per heavy atom. The Morgan fingerprint density at radius 3 is 2.56 bits per heavy atom. The molecule has 2 heteroatoms. The van der Waals surface area contributed by atoms with Crippen molar-refractivity contribution >= 4 is 0 Å². The molecular weight excluding hydrogens is 114 g/mol. The van der Waals surface area contributed by atoms with Gasteiger partial charge < -0.3 is 10.1 Å². The van der Waals surface area contributed by atoms with E-state index in [9.17, 15) is 0 Å². The van der Waals surface area contributed by atoms with Crippen molar-refractivity contribution in [2.24, 2.45) is 5.92 Å². The number of ether oxygens (including phenoxy) is 1. The van der Waals surface area contributed by atoms with E-state index in [0.29, 0.717) is 6.04 Å². The van der Waals surface area contributed by atoms with E-state index in [1.54, 1.807) is 0 Å². The highest BCUT2D eigenvalue weighted by Crippen LogP contribution is 2.00. The van der Waals surface area contributed by atoms with E-state index in [1.165, 1.54) is 0 Å². The molecule has 1 heterocycles. The van der Waals surface area contributed by atoms with Crippen LogP contribution in [0.25, 0.3) is 0 Å². The highest BCUT2D eigenvalue weighted by atomic mass is 16.5. The largest absolute Gasteiger partial charge is 0.378 e. The molecule has 0 unspecified atom stereocenters. The molecule has 0 spiro atoms. The summed E-state index contributed by atoms with van der Waals surface area (Å²) in [4.78, 5) is 0. The van der Waals surface area contributed by atoms with E-state index >= 15 is 0 Å². The molecule has 0 aliphatic carbocycles. The monoisotopic (exact) mass is 129 g/mol. The summed E-state index contributed by atoms with van der Waals surface area (Å²) < 4.78 is 5.00. The molecular formula is C7H15NO. The van der Waals surface area contributed by atoms with Gasteiger partial charge >= 0.3 is 0 Å². The average molecular weight is 129 g/mol. The van der Waals surface area contributed by atoms with Crippen molar-refractivity contribution in [3.63, 3.8) is 0 Å². The average Bonchev–Trinajstić information content (AvgIpc) is 1.60. The maximum atomic E-state index is 5.00. The summed E-state index contributed by atoms with van der Waals surface area (Å²) in [5, 5.41) is 3.39. The van der Waals surface area contributed by atoms with Crippen molar-refractivity contribution in [3.05, 3.63) is 0 Å². The van der Waals surface area contributed by atoms with E-state index in [-0.39, 0.29) is 0 Å². The summed E-state index contributed by atoms with van der Waals surface area (Å²) in [5.41, 5.74) is 0. The summed E-state index contributed by atoms with van der Waals surface area (Å²) in [6.07, 6.45) is 0. The molecule has 1 saturated heterocycles. The van der Waals surface area contributed by atoms with Gasteiger partial charge in [0.05, 0.1) is 19.3 Å². The third-order valence-corrected chi connectivity index (χ3v) is 1.45. The minimum Gasteiger partial charge on any atom is -0.378 e. The second-order valence-electron chi connectivity index (χ2n) is 3.04. The summed E-state index contributed by atoms with van der Waals surface area (Å²) in [7, 11) is 0. The minimum atomic E-state index is 0.646. The SMILES string of the molecule is CC(C)CNC1COC1. The van der Waals surface area contributed by atoms with Gasteiger partial charge in [0.15, 0.2) is 0 Å². The first-order valence-corrected chi connectivity index (χ1v) is 3.60. The van der Waals surface area contributed by atoms with Crippen molar-refractivity contribution in [2.75, 3.05) is 19.8 Å². The van der Waals surface area contributed by atoms with Gasteiger partial charge in [-0.15, -0.1) is 0 Å². The molecule has 0 aromatic carbocycles. The van der Waals surface area contributed by atoms with Crippen LogP contribution < -0.4 is 5.32 Å². The number of hydrogen-bond acceptors (Lipinski definition) is 2. The summed E-state index contributed by atoms with van der Waals surface area (Å²) in [6, 6.07) is 0.646. The van der Waals surface area contributed by atoms with Crippen LogP contribution in [0.3, 0.4) is 0 Å². The Kier molecular flexibility index (Phi) is 2.49. The minimum absolute atomic E-state index is 0.646. The van der Waals surface area contributed by atoms with Crippen LogP contribution in [0.5, 0.6) is 0 Å². The molecule has 0 amide bonds. The van der Waals surface area contributed by atoms with E-state index in [1.807, 2.05) is 0 Å². The summed E-state index contributed by atoms with van der Waals surface area (Å²) in [5.74, 6) is 0.755. The second kappa shape index (κ2) is 3.18. The van der Waals surface area contributed by atoms with Gasteiger partial charge in [-0.05, 0) is 12.5 Å². The molecule has 0 saturated carbocycles. The molecule has 0 aromatic rings. The lowest BCUT2D eigenvalue weighted by atomic mass is 10.2. The molecule has 0 bridgehead atoms. The molecule has 9 heavy (non-hydrogen) atoms. The molecule has 0 aromatic heterocycles. The Morgan fingerprint density at radius 1 is 1.56 bits per heavy atom. The molecule has 1 N–H and O–H groups in total. The molecule has 1 fully saturated rings. The van der Waals surface area contributed by atoms with Crippen LogP contribution in [0.1, 0.15) is 13.8 Å². The fraction of sp³-hybridized carbons (Fsp3) is 1.00. The zero-order valence-electron chi connectivity index (χ0n) is 6.18. The molecule has 1 rings (SSSR count). The number of rotatable bonds is 3. The zero-order chi connectivity index (χ0) is 6.69. The fourth-order valence-electron chi connectivity index (χ4n) is 0.756. The van der Waals surface area contributed by atoms with Gasteiger partial charge in [0.25, 0.3) is 0 Å². The van der Waals surface area contributed by atoms with Crippen LogP contribution in [-0.2, 0) is 4.74 Å². The van der Waals surface area contributed by atoms with Gasteiger partial charge in [-0.3, -0.25) is 0 Å². The highest BCUT2D eigenvalue weighted by molar-refractivity contribution is 4.72. The second-order valence-corrected chi connectivity index (χ2v) is 3.04. The van der Waals surface area contributed by atoms with E-state index in [4.69, 9.17) is 4.74 Å². The zero-order valence-corrected chi connectivity index (χ0v) is 6.18. The smallest absolute Gasteiger partial charge is 0.0643 e. The number of nitrogens with one attached hydrogen (secondary N) is 1. The molecule has 1 aliphatic rings. The van der Waals surface area contributed by atoms with Crippen molar-refractivity contribution in [1.82, 2.24) is 5.32 Å². The third-order valence-electron chi connectivity index (χ3n) is 1.45. The molecule has 2 nitrogen and oxygen atoms in total. The van der Waals surface area contributed by atoms with Crippen LogP contribution in [0.4, 0.5) is 0 Å². The van der Waals surface area contributed by atoms with Gasteiger partial charge in [-0.1, -0.05) is 13.8 Å². The van der Waals surface area contributed by atoms with Gasteiger partial charge in [-0.2, -0.15) is 0 Å². The first-order chi connectivity index (χ1) is 4.29. The lowest BCUT2D eigenvalue weighted by Gasteiger charge is -2.27. The van der Waals surface area contributed by atoms with E-state index in [0.717, 1.165) is 25.7 Å². The highest BCUT2D eigenvalue weighted by Gasteiger charge is 2.16. The predicted molar refractivity (Wildman–Crippen MR) is 37.4 cm³/mol. The summed E-state index contributed by atoms with van der Waals surface area (Å²) in [6.45, 7) is 7.37. The van der Waals surface area contributed by atoms with E-state index < -0.39 is 0 Å². The van der Waals surface area contributed by atoms with Crippen LogP contribution in [-0.4, -0.2) is 25.8 Å². The van der Waals surface area contributed by atoms with Crippen LogP contribution in [0.2, 0.25) is 0 Å². The van der Waals surface area contributed by atoms with Crippen molar-refractivity contribution in [2.45, 2.75) is 19.9 Å². The van der Waals surface area contributed by atoms with Crippen molar-refractivity contribution in [1.29, 1.82) is 0 Å². The lowest BCUT2D eigenvalue weighted by molar-refractivity contribution is -0.00596. The first kappa shape index (κ1) is 7.03. The summed E-state index contributed by atoms with van der Waals surface area (Å²) >= 11 is 0. The van der Waals surface area contributed by atoms with Crippen LogP contribution >= 0.6 is 0 Å². The van der Waals surface area contributed by atoms with Gasteiger partial charge in [-0.25, -0.2) is 0 Å². The van der Waals surface area contributed by atoms with Crippen molar-refractivity contribution < 1.29 is 4.74 Å². The molecule has 1 aliphatic heterocycles. The predicted octanol–water partition coefficient (Wildman–Crippen LogP) is 0.631. The normalized spacial score (nSPS) is 20.3. The third kappa shape index (κ3) is 2.33. The fourth-order valence-corrected chi connectivity index (χ4v) is 0.756. The Hall–Kier alpha value is -0.0800. The van der Waals surface area contributed by atoms with Gasteiger partial charge in [0.2, 0.25) is 0 Å². The molecule has 54 valence electrons. The quantitative estimate of drug-likeness (QED) is 0.603. The lowest BCUT2D eigenvalue weighted by Crippen LogP contribution is -2.47. The molecule has 0 atom stereocenters. The standard InChI is InChI=1S/C7H15NO/c1-6(2)3-8-7-4-9-5-7/h6-8H,3-5H2,1-2H3. The Balaban J connectivity index is 1.91. The Labute approximate surface area is 56.6 Å². The number of hydrogen-bond donors (Lipinski definition) is 1. The van der Waals surface area contributed by atoms with Gasteiger partial charge in [0, 0.05) is 0 Å². The topological polar surface area (TPSA) is 21.3 Å². The maximum absolute atomic E-state index is 5.00.